The maximum Gasteiger partial charge on any atom is 0.323 e. The van der Waals surface area contributed by atoms with Gasteiger partial charge in [0, 0.05) is 6.54 Å². The van der Waals surface area contributed by atoms with Gasteiger partial charge in [0.25, 0.3) is 0 Å². The van der Waals surface area contributed by atoms with Crippen LogP contribution >= 0.6 is 0 Å². The Kier molecular flexibility index (Phi) is 2.58. The molecule has 1 saturated heterocycles. The quantitative estimate of drug-likeness (QED) is 0.687. The van der Waals surface area contributed by atoms with Crippen molar-refractivity contribution in [2.75, 3.05) is 6.54 Å². The van der Waals surface area contributed by atoms with Crippen LogP contribution < -0.4 is 0 Å². The summed E-state index contributed by atoms with van der Waals surface area (Å²) in [6, 6.07) is 1.76. The average Bonchev–Trinajstić information content (AvgIpc) is 2.47. The molecule has 2 unspecified atom stereocenters. The Balaban J connectivity index is 2.87. The summed E-state index contributed by atoms with van der Waals surface area (Å²) in [4.78, 5) is 12.8. The summed E-state index contributed by atoms with van der Waals surface area (Å²) >= 11 is 0. The van der Waals surface area contributed by atoms with E-state index in [1.807, 2.05) is 0 Å². The van der Waals surface area contributed by atoms with Gasteiger partial charge in [0.1, 0.15) is 5.54 Å². The van der Waals surface area contributed by atoms with Gasteiger partial charge >= 0.3 is 5.97 Å². The molecule has 4 nitrogen and oxygen atoms in total. The van der Waals surface area contributed by atoms with Crippen molar-refractivity contribution in [3.05, 3.63) is 0 Å². The zero-order chi connectivity index (χ0) is 10.1. The van der Waals surface area contributed by atoms with Crippen LogP contribution in [0.25, 0.3) is 0 Å². The third-order valence-corrected chi connectivity index (χ3v) is 2.81. The number of hydrogen-bond acceptors (Lipinski definition) is 3. The number of likely N-dealkylation sites (tertiary alicyclic amines) is 1. The van der Waals surface area contributed by atoms with E-state index in [0.717, 1.165) is 6.42 Å². The van der Waals surface area contributed by atoms with E-state index >= 15 is 0 Å². The van der Waals surface area contributed by atoms with Crippen LogP contribution in [-0.4, -0.2) is 34.1 Å². The molecule has 0 aromatic heterocycles. The van der Waals surface area contributed by atoms with Crippen LogP contribution in [0.4, 0.5) is 0 Å². The molecule has 0 bridgehead atoms. The maximum absolute atomic E-state index is 11.0. The average molecular weight is 182 g/mol. The number of carbonyl (C=O) groups is 1. The maximum atomic E-state index is 11.0. The van der Waals surface area contributed by atoms with Crippen molar-refractivity contribution in [1.82, 2.24) is 4.90 Å². The molecular weight excluding hydrogens is 168 g/mol. The summed E-state index contributed by atoms with van der Waals surface area (Å²) in [7, 11) is 0. The molecular formula is C9H14N2O2. The minimum Gasteiger partial charge on any atom is -0.480 e. The summed E-state index contributed by atoms with van der Waals surface area (Å²) in [6.07, 6.45) is 1.49. The van der Waals surface area contributed by atoms with Crippen molar-refractivity contribution in [2.24, 2.45) is 0 Å². The van der Waals surface area contributed by atoms with Crippen LogP contribution in [0.1, 0.15) is 26.7 Å². The highest BCUT2D eigenvalue weighted by Crippen LogP contribution is 2.30. The second-order valence-electron chi connectivity index (χ2n) is 3.68. The van der Waals surface area contributed by atoms with Crippen molar-refractivity contribution in [3.63, 3.8) is 0 Å². The van der Waals surface area contributed by atoms with Gasteiger partial charge in [-0.3, -0.25) is 9.69 Å². The smallest absolute Gasteiger partial charge is 0.323 e. The molecule has 1 N–H and O–H groups in total. The second-order valence-corrected chi connectivity index (χ2v) is 3.68. The van der Waals surface area contributed by atoms with Crippen molar-refractivity contribution < 1.29 is 9.90 Å². The van der Waals surface area contributed by atoms with E-state index in [4.69, 9.17) is 10.4 Å². The van der Waals surface area contributed by atoms with E-state index in [0.29, 0.717) is 13.0 Å². The van der Waals surface area contributed by atoms with Crippen molar-refractivity contribution in [2.45, 2.75) is 38.3 Å². The molecule has 1 aliphatic rings. The monoisotopic (exact) mass is 182 g/mol. The van der Waals surface area contributed by atoms with Crippen LogP contribution in [0.2, 0.25) is 0 Å². The standard InChI is InChI=1S/C9H14N2O2/c1-7(6-10)11-5-3-4-9(11,2)8(12)13/h7H,3-5H2,1-2H3,(H,12,13). The van der Waals surface area contributed by atoms with E-state index in [9.17, 15) is 4.79 Å². The van der Waals surface area contributed by atoms with Crippen LogP contribution in [0.3, 0.4) is 0 Å². The minimum atomic E-state index is -0.838. The highest BCUT2D eigenvalue weighted by molar-refractivity contribution is 5.78. The van der Waals surface area contributed by atoms with Gasteiger partial charge in [-0.05, 0) is 26.7 Å². The SMILES string of the molecule is CC(C#N)N1CCCC1(C)C(=O)O. The molecule has 2 atom stereocenters. The Bertz CT molecular complexity index is 259. The topological polar surface area (TPSA) is 64.3 Å². The van der Waals surface area contributed by atoms with Gasteiger partial charge in [-0.1, -0.05) is 0 Å². The zero-order valence-electron chi connectivity index (χ0n) is 7.95. The Morgan fingerprint density at radius 2 is 2.38 bits per heavy atom. The van der Waals surface area contributed by atoms with Crippen molar-refractivity contribution >= 4 is 5.97 Å². The van der Waals surface area contributed by atoms with E-state index < -0.39 is 11.5 Å². The molecule has 1 rings (SSSR count). The highest BCUT2D eigenvalue weighted by atomic mass is 16.4. The fourth-order valence-corrected chi connectivity index (χ4v) is 1.90. The fraction of sp³-hybridized carbons (Fsp3) is 0.778. The second kappa shape index (κ2) is 3.35. The zero-order valence-corrected chi connectivity index (χ0v) is 7.95. The van der Waals surface area contributed by atoms with Gasteiger partial charge in [-0.2, -0.15) is 5.26 Å². The summed E-state index contributed by atoms with van der Waals surface area (Å²) < 4.78 is 0. The summed E-state index contributed by atoms with van der Waals surface area (Å²) in [5, 5.41) is 17.8. The number of nitrogens with zero attached hydrogens (tertiary/aromatic N) is 2. The summed E-state index contributed by atoms with van der Waals surface area (Å²) in [5.74, 6) is -0.827. The van der Waals surface area contributed by atoms with E-state index in [-0.39, 0.29) is 6.04 Å². The van der Waals surface area contributed by atoms with E-state index in [1.165, 1.54) is 0 Å². The number of rotatable bonds is 2. The van der Waals surface area contributed by atoms with Crippen molar-refractivity contribution in [1.29, 1.82) is 5.26 Å². The lowest BCUT2D eigenvalue weighted by Gasteiger charge is -2.32. The minimum absolute atomic E-state index is 0.316. The molecule has 0 aromatic rings. The Morgan fingerprint density at radius 1 is 1.77 bits per heavy atom. The Hall–Kier alpha value is -1.08. The van der Waals surface area contributed by atoms with Crippen LogP contribution in [-0.2, 0) is 4.79 Å². The molecule has 72 valence electrons. The molecule has 1 aliphatic heterocycles. The van der Waals surface area contributed by atoms with Gasteiger partial charge in [0.05, 0.1) is 12.1 Å². The molecule has 0 aliphatic carbocycles. The predicted molar refractivity (Wildman–Crippen MR) is 47.1 cm³/mol. The number of aliphatic carboxylic acids is 1. The largest absolute Gasteiger partial charge is 0.480 e. The molecule has 0 saturated carbocycles. The molecule has 0 aromatic carbocycles. The Labute approximate surface area is 77.8 Å². The van der Waals surface area contributed by atoms with Gasteiger partial charge in [-0.15, -0.1) is 0 Å². The van der Waals surface area contributed by atoms with Gasteiger partial charge in [0.2, 0.25) is 0 Å². The molecule has 1 fully saturated rings. The molecule has 1 heterocycles. The van der Waals surface area contributed by atoms with Crippen LogP contribution in [0, 0.1) is 11.3 Å². The number of carboxylic acids is 1. The molecule has 0 spiro atoms. The number of nitriles is 1. The van der Waals surface area contributed by atoms with Gasteiger partial charge in [0.15, 0.2) is 0 Å². The normalized spacial score (nSPS) is 31.2. The van der Waals surface area contributed by atoms with Crippen LogP contribution in [0.15, 0.2) is 0 Å². The Morgan fingerprint density at radius 3 is 2.85 bits per heavy atom. The molecule has 13 heavy (non-hydrogen) atoms. The lowest BCUT2D eigenvalue weighted by molar-refractivity contribution is -0.149. The fourth-order valence-electron chi connectivity index (χ4n) is 1.90. The van der Waals surface area contributed by atoms with E-state index in [1.54, 1.807) is 18.7 Å². The first-order valence-corrected chi connectivity index (χ1v) is 4.42. The summed E-state index contributed by atoms with van der Waals surface area (Å²) in [5.41, 5.74) is -0.838. The van der Waals surface area contributed by atoms with E-state index in [2.05, 4.69) is 6.07 Å². The first-order chi connectivity index (χ1) is 6.02. The molecule has 0 radical (unpaired) electrons. The number of hydrogen-bond donors (Lipinski definition) is 1. The third kappa shape index (κ3) is 1.52. The van der Waals surface area contributed by atoms with Crippen LogP contribution in [0.5, 0.6) is 0 Å². The number of carboxylic acid groups (broad SMARTS) is 1. The van der Waals surface area contributed by atoms with Gasteiger partial charge in [-0.25, -0.2) is 0 Å². The first kappa shape index (κ1) is 10.0. The van der Waals surface area contributed by atoms with Crippen molar-refractivity contribution in [3.8, 4) is 6.07 Å². The lowest BCUT2D eigenvalue weighted by Crippen LogP contribution is -2.51. The lowest BCUT2D eigenvalue weighted by atomic mass is 9.98. The first-order valence-electron chi connectivity index (χ1n) is 4.42. The summed E-state index contributed by atoms with van der Waals surface area (Å²) in [6.45, 7) is 4.14. The third-order valence-electron chi connectivity index (χ3n) is 2.81. The molecule has 0 amide bonds. The highest BCUT2D eigenvalue weighted by Gasteiger charge is 2.45. The molecule has 4 heteroatoms. The van der Waals surface area contributed by atoms with Gasteiger partial charge < -0.3 is 5.11 Å². The predicted octanol–water partition coefficient (Wildman–Crippen LogP) is 0.838.